The Balaban J connectivity index is 1.86. The molecule has 8 nitrogen and oxygen atoms in total. The number of ether oxygens (including phenoxy) is 2. The zero-order valence-corrected chi connectivity index (χ0v) is 11.5. The molecule has 0 unspecified atom stereocenters. The summed E-state index contributed by atoms with van der Waals surface area (Å²) in [7, 11) is 0. The molecule has 0 atom stereocenters. The van der Waals surface area contributed by atoms with E-state index in [-0.39, 0.29) is 12.6 Å². The molecule has 21 heavy (non-hydrogen) atoms. The molecule has 1 fully saturated rings. The zero-order valence-electron chi connectivity index (χ0n) is 11.5. The Morgan fingerprint density at radius 1 is 1.29 bits per heavy atom. The van der Waals surface area contributed by atoms with Crippen molar-refractivity contribution in [1.29, 1.82) is 0 Å². The lowest BCUT2D eigenvalue weighted by Crippen LogP contribution is -2.37. The summed E-state index contributed by atoms with van der Waals surface area (Å²) in [6.45, 7) is 2.42. The number of nitrogens with one attached hydrogen (secondary N) is 1. The quantitative estimate of drug-likeness (QED) is 0.678. The minimum atomic E-state index is -2.47. The van der Waals surface area contributed by atoms with Crippen LogP contribution in [0.3, 0.4) is 0 Å². The van der Waals surface area contributed by atoms with Crippen molar-refractivity contribution in [3.8, 4) is 0 Å². The molecule has 0 aromatic carbocycles. The van der Waals surface area contributed by atoms with Gasteiger partial charge in [-0.3, -0.25) is 0 Å². The van der Waals surface area contributed by atoms with Crippen LogP contribution in [0.5, 0.6) is 0 Å². The van der Waals surface area contributed by atoms with E-state index in [9.17, 15) is 8.78 Å². The number of morpholine rings is 1. The molecule has 0 amide bonds. The summed E-state index contributed by atoms with van der Waals surface area (Å²) in [6, 6.07) is 0. The van der Waals surface area contributed by atoms with Gasteiger partial charge in [0.2, 0.25) is 17.8 Å². The number of hydrogen-bond donors (Lipinski definition) is 2. The molecule has 118 valence electrons. The first-order valence-electron chi connectivity index (χ1n) is 6.59. The highest BCUT2D eigenvalue weighted by Gasteiger charge is 2.15. The highest BCUT2D eigenvalue weighted by atomic mass is 19.3. The molecule has 1 aromatic rings. The number of aromatic nitrogens is 3. The maximum atomic E-state index is 11.9. The van der Waals surface area contributed by atoms with Crippen molar-refractivity contribution in [1.82, 2.24) is 15.0 Å². The van der Waals surface area contributed by atoms with Crippen LogP contribution < -0.4 is 16.0 Å². The Hall–Kier alpha value is -1.81. The third-order valence-corrected chi connectivity index (χ3v) is 2.71. The molecular weight excluding hydrogens is 286 g/mol. The van der Waals surface area contributed by atoms with Crippen molar-refractivity contribution in [3.05, 3.63) is 0 Å². The van der Waals surface area contributed by atoms with Gasteiger partial charge in [-0.1, -0.05) is 0 Å². The molecule has 0 spiro atoms. The van der Waals surface area contributed by atoms with Crippen molar-refractivity contribution in [2.45, 2.75) is 6.43 Å². The Morgan fingerprint density at radius 3 is 2.76 bits per heavy atom. The second-order valence-corrected chi connectivity index (χ2v) is 4.31. The number of halogens is 2. The highest BCUT2D eigenvalue weighted by molar-refractivity contribution is 5.42. The van der Waals surface area contributed by atoms with Crippen LogP contribution in [0.25, 0.3) is 0 Å². The first-order chi connectivity index (χ1) is 10.1. The van der Waals surface area contributed by atoms with E-state index in [1.165, 1.54) is 0 Å². The zero-order chi connectivity index (χ0) is 15.1. The van der Waals surface area contributed by atoms with Gasteiger partial charge < -0.3 is 25.4 Å². The second-order valence-electron chi connectivity index (χ2n) is 4.31. The Labute approximate surface area is 120 Å². The first kappa shape index (κ1) is 15.6. The SMILES string of the molecule is Nc1nc(NCCOCC(F)F)nc(N2CCOCC2)n1. The number of nitrogens with two attached hydrogens (primary N) is 1. The van der Waals surface area contributed by atoms with Crippen LogP contribution in [-0.2, 0) is 9.47 Å². The molecule has 0 bridgehead atoms. The van der Waals surface area contributed by atoms with Crippen LogP contribution in [0.1, 0.15) is 0 Å². The van der Waals surface area contributed by atoms with Gasteiger partial charge in [0.25, 0.3) is 6.43 Å². The Morgan fingerprint density at radius 2 is 2.05 bits per heavy atom. The summed E-state index contributed by atoms with van der Waals surface area (Å²) in [5.74, 6) is 0.869. The van der Waals surface area contributed by atoms with Crippen molar-refractivity contribution in [2.75, 3.05) is 62.0 Å². The van der Waals surface area contributed by atoms with Crippen molar-refractivity contribution in [3.63, 3.8) is 0 Å². The van der Waals surface area contributed by atoms with Crippen LogP contribution in [0.2, 0.25) is 0 Å². The number of anilines is 3. The lowest BCUT2D eigenvalue weighted by Gasteiger charge is -2.26. The maximum absolute atomic E-state index is 11.9. The van der Waals surface area contributed by atoms with Crippen LogP contribution in [-0.4, -0.2) is 67.4 Å². The van der Waals surface area contributed by atoms with Crippen LogP contribution in [0.4, 0.5) is 26.6 Å². The van der Waals surface area contributed by atoms with E-state index >= 15 is 0 Å². The fourth-order valence-corrected chi connectivity index (χ4v) is 1.77. The summed E-state index contributed by atoms with van der Waals surface area (Å²) in [6.07, 6.45) is -2.47. The van der Waals surface area contributed by atoms with Crippen molar-refractivity contribution in [2.24, 2.45) is 0 Å². The summed E-state index contributed by atoms with van der Waals surface area (Å²) in [4.78, 5) is 14.2. The highest BCUT2D eigenvalue weighted by Crippen LogP contribution is 2.13. The van der Waals surface area contributed by atoms with E-state index in [0.29, 0.717) is 44.7 Å². The smallest absolute Gasteiger partial charge is 0.261 e. The van der Waals surface area contributed by atoms with E-state index in [1.807, 2.05) is 4.90 Å². The van der Waals surface area contributed by atoms with E-state index < -0.39 is 13.0 Å². The topological polar surface area (TPSA) is 98.4 Å². The fraction of sp³-hybridized carbons (Fsp3) is 0.727. The summed E-state index contributed by atoms with van der Waals surface area (Å²) in [5, 5.41) is 2.87. The Kier molecular flexibility index (Phi) is 5.81. The predicted molar refractivity (Wildman–Crippen MR) is 72.6 cm³/mol. The van der Waals surface area contributed by atoms with Crippen molar-refractivity contribution < 1.29 is 18.3 Å². The molecule has 10 heteroatoms. The molecule has 0 aliphatic carbocycles. The van der Waals surface area contributed by atoms with E-state index in [2.05, 4.69) is 20.3 Å². The van der Waals surface area contributed by atoms with E-state index in [0.717, 1.165) is 0 Å². The monoisotopic (exact) mass is 304 g/mol. The molecule has 1 aliphatic rings. The van der Waals surface area contributed by atoms with Crippen molar-refractivity contribution >= 4 is 17.8 Å². The van der Waals surface area contributed by atoms with E-state index in [1.54, 1.807) is 0 Å². The molecule has 1 saturated heterocycles. The van der Waals surface area contributed by atoms with Gasteiger partial charge in [0.05, 0.1) is 19.8 Å². The lowest BCUT2D eigenvalue weighted by molar-refractivity contribution is 0.0214. The average Bonchev–Trinajstić information content (AvgIpc) is 2.47. The standard InChI is InChI=1S/C11H18F2N6O2/c12-8(13)7-21-4-1-15-10-16-9(14)17-11(18-10)19-2-5-20-6-3-19/h8H,1-7H2,(H3,14,15,16,17,18). The molecule has 1 aliphatic heterocycles. The normalized spacial score (nSPS) is 15.5. The molecule has 3 N–H and O–H groups in total. The summed E-state index contributed by atoms with van der Waals surface area (Å²) < 4.78 is 33.8. The van der Waals surface area contributed by atoms with E-state index in [4.69, 9.17) is 15.2 Å². The number of hydrogen-bond acceptors (Lipinski definition) is 8. The minimum absolute atomic E-state index is 0.0995. The average molecular weight is 304 g/mol. The number of alkyl halides is 2. The third kappa shape index (κ3) is 5.23. The maximum Gasteiger partial charge on any atom is 0.261 e. The lowest BCUT2D eigenvalue weighted by atomic mass is 10.4. The molecule has 2 rings (SSSR count). The molecule has 0 saturated carbocycles. The largest absolute Gasteiger partial charge is 0.378 e. The molecule has 0 radical (unpaired) electrons. The fourth-order valence-electron chi connectivity index (χ4n) is 1.77. The van der Waals surface area contributed by atoms with Gasteiger partial charge in [0.15, 0.2) is 0 Å². The summed E-state index contributed by atoms with van der Waals surface area (Å²) in [5.41, 5.74) is 5.65. The van der Waals surface area contributed by atoms with Gasteiger partial charge in [-0.15, -0.1) is 0 Å². The van der Waals surface area contributed by atoms with Crippen LogP contribution in [0, 0.1) is 0 Å². The molecule has 2 heterocycles. The Bertz CT molecular complexity index is 445. The minimum Gasteiger partial charge on any atom is -0.378 e. The third-order valence-electron chi connectivity index (χ3n) is 2.71. The molecular formula is C11H18F2N6O2. The number of nitrogens with zero attached hydrogens (tertiary/aromatic N) is 4. The number of rotatable bonds is 7. The van der Waals surface area contributed by atoms with Crippen LogP contribution >= 0.6 is 0 Å². The van der Waals surface area contributed by atoms with Gasteiger partial charge in [0.1, 0.15) is 6.61 Å². The van der Waals surface area contributed by atoms with Gasteiger partial charge in [-0.2, -0.15) is 15.0 Å². The van der Waals surface area contributed by atoms with Gasteiger partial charge in [-0.25, -0.2) is 8.78 Å². The van der Waals surface area contributed by atoms with Crippen LogP contribution in [0.15, 0.2) is 0 Å². The second kappa shape index (κ2) is 7.84. The van der Waals surface area contributed by atoms with Gasteiger partial charge in [-0.05, 0) is 0 Å². The van der Waals surface area contributed by atoms with Gasteiger partial charge in [0, 0.05) is 19.6 Å². The molecule has 1 aromatic heterocycles. The predicted octanol–water partition coefficient (Wildman–Crippen LogP) is -0.0160. The first-order valence-corrected chi connectivity index (χ1v) is 6.59. The summed E-state index contributed by atoms with van der Waals surface area (Å²) >= 11 is 0. The number of nitrogen functional groups attached to an aromatic ring is 1. The van der Waals surface area contributed by atoms with Gasteiger partial charge >= 0.3 is 0 Å².